The molecule has 4 rings (SSSR count). The van der Waals surface area contributed by atoms with E-state index in [1.165, 1.54) is 0 Å². The lowest BCUT2D eigenvalue weighted by atomic mass is 9.88. The van der Waals surface area contributed by atoms with Crippen LogP contribution in [0.25, 0.3) is 0 Å². The first-order valence-corrected chi connectivity index (χ1v) is 12.8. The fourth-order valence-electron chi connectivity index (χ4n) is 4.34. The zero-order valence-electron chi connectivity index (χ0n) is 23.3. The molecule has 4 heterocycles. The molecule has 0 aromatic rings. The van der Waals surface area contributed by atoms with Crippen LogP contribution in [0.1, 0.15) is 41.5 Å². The highest BCUT2D eigenvalue weighted by Gasteiger charge is 2.47. The Bertz CT molecular complexity index is 771. The van der Waals surface area contributed by atoms with E-state index in [-0.39, 0.29) is 23.3 Å². The quantitative estimate of drug-likeness (QED) is 0.215. The summed E-state index contributed by atoms with van der Waals surface area (Å²) < 4.78 is 10.6. The molecule has 0 unspecified atom stereocenters. The van der Waals surface area contributed by atoms with Gasteiger partial charge in [0.25, 0.3) is 0 Å². The Kier molecular flexibility index (Phi) is 10.3. The van der Waals surface area contributed by atoms with Crippen molar-refractivity contribution in [3.8, 4) is 0 Å². The number of hydrogen-bond donors (Lipinski definition) is 6. The summed E-state index contributed by atoms with van der Waals surface area (Å²) in [5.74, 6) is -3.65. The Hall–Kier alpha value is -2.68. The van der Waals surface area contributed by atoms with Gasteiger partial charge in [-0.05, 0) is 41.5 Å². The summed E-state index contributed by atoms with van der Waals surface area (Å²) in [6.45, 7) is 20.2. The van der Waals surface area contributed by atoms with Gasteiger partial charge < -0.3 is 50.8 Å². The number of carboxylic acids is 2. The molecule has 14 nitrogen and oxygen atoms in total. The summed E-state index contributed by atoms with van der Waals surface area (Å²) in [6, 6.07) is 0. The average Bonchev–Trinajstić information content (AvgIpc) is 2.75. The lowest BCUT2D eigenvalue weighted by Crippen LogP contribution is -2.76. The SMILES string of the molecule is CC(C)(C)OC(=O)N1CC2(CNCCN2)C1.CC(C)(C)OC(=O)N1CC2(CNCCN2)C1.O=C(O)C(=O)O. The van der Waals surface area contributed by atoms with Gasteiger partial charge in [-0.1, -0.05) is 0 Å². The van der Waals surface area contributed by atoms with Gasteiger partial charge >= 0.3 is 24.1 Å². The molecule has 0 aromatic carbocycles. The van der Waals surface area contributed by atoms with Gasteiger partial charge in [0.2, 0.25) is 0 Å². The van der Waals surface area contributed by atoms with Crippen molar-refractivity contribution in [2.75, 3.05) is 65.4 Å². The average molecular weight is 545 g/mol. The number of carbonyl (C=O) groups is 4. The molecule has 218 valence electrons. The number of rotatable bonds is 0. The molecule has 0 aliphatic carbocycles. The second kappa shape index (κ2) is 12.5. The topological polar surface area (TPSA) is 182 Å². The monoisotopic (exact) mass is 544 g/mol. The van der Waals surface area contributed by atoms with Crippen molar-refractivity contribution in [2.24, 2.45) is 0 Å². The van der Waals surface area contributed by atoms with Crippen molar-refractivity contribution in [1.29, 1.82) is 0 Å². The minimum atomic E-state index is -1.82. The maximum Gasteiger partial charge on any atom is 0.414 e. The normalized spacial score (nSPS) is 21.4. The second-order valence-corrected chi connectivity index (χ2v) is 12.1. The fourth-order valence-corrected chi connectivity index (χ4v) is 4.34. The van der Waals surface area contributed by atoms with Gasteiger partial charge in [-0.3, -0.25) is 0 Å². The Morgan fingerprint density at radius 2 is 0.947 bits per heavy atom. The number of likely N-dealkylation sites (tertiary alicyclic amines) is 2. The minimum Gasteiger partial charge on any atom is -0.473 e. The summed E-state index contributed by atoms with van der Waals surface area (Å²) in [6.07, 6.45) is -0.406. The highest BCUT2D eigenvalue weighted by molar-refractivity contribution is 6.27. The Morgan fingerprint density at radius 3 is 1.16 bits per heavy atom. The number of ether oxygens (including phenoxy) is 2. The third-order valence-electron chi connectivity index (χ3n) is 5.99. The molecule has 0 atom stereocenters. The predicted octanol–water partition coefficient (Wildman–Crippen LogP) is -0.507. The van der Waals surface area contributed by atoms with Crippen LogP contribution in [0, 0.1) is 0 Å². The van der Waals surface area contributed by atoms with E-state index in [0.29, 0.717) is 0 Å². The van der Waals surface area contributed by atoms with Crippen LogP contribution in [-0.2, 0) is 19.1 Å². The smallest absolute Gasteiger partial charge is 0.414 e. The summed E-state index contributed by atoms with van der Waals surface area (Å²) in [5.41, 5.74) is -0.625. The van der Waals surface area contributed by atoms with Crippen LogP contribution in [0.3, 0.4) is 0 Å². The Morgan fingerprint density at radius 1 is 0.632 bits per heavy atom. The molecular formula is C24H44N6O8. The number of hydrogen-bond acceptors (Lipinski definition) is 10. The van der Waals surface area contributed by atoms with Gasteiger partial charge in [-0.2, -0.15) is 0 Å². The van der Waals surface area contributed by atoms with E-state index < -0.39 is 23.1 Å². The molecule has 6 N–H and O–H groups in total. The number of piperazine rings is 2. The number of amides is 2. The van der Waals surface area contributed by atoms with Crippen LogP contribution in [0.5, 0.6) is 0 Å². The molecule has 4 saturated heterocycles. The summed E-state index contributed by atoms with van der Waals surface area (Å²) in [5, 5.41) is 28.4. The molecule has 0 aromatic heterocycles. The number of nitrogens with one attached hydrogen (secondary N) is 4. The maximum absolute atomic E-state index is 11.7. The largest absolute Gasteiger partial charge is 0.473 e. The first kappa shape index (κ1) is 31.5. The van der Waals surface area contributed by atoms with Crippen LogP contribution >= 0.6 is 0 Å². The highest BCUT2D eigenvalue weighted by Crippen LogP contribution is 2.25. The first-order valence-electron chi connectivity index (χ1n) is 12.8. The third kappa shape index (κ3) is 9.89. The summed E-state index contributed by atoms with van der Waals surface area (Å²) >= 11 is 0. The molecule has 0 bridgehead atoms. The van der Waals surface area contributed by atoms with E-state index in [4.69, 9.17) is 29.3 Å². The van der Waals surface area contributed by atoms with Crippen LogP contribution in [0.2, 0.25) is 0 Å². The Labute approximate surface area is 223 Å². The van der Waals surface area contributed by atoms with Crippen LogP contribution in [-0.4, -0.2) is 132 Å². The van der Waals surface area contributed by atoms with E-state index in [2.05, 4.69) is 21.3 Å². The van der Waals surface area contributed by atoms with E-state index in [9.17, 15) is 9.59 Å². The standard InChI is InChI=1S/2C11H21N3O2.C2H2O4/c2*1-10(2,3)16-9(15)14-7-11(8-14)6-12-4-5-13-11;3-1(4)2(5)6/h2*12-13H,4-8H2,1-3H3;(H,3,4)(H,5,6). The van der Waals surface area contributed by atoms with Crippen molar-refractivity contribution in [2.45, 2.75) is 63.8 Å². The first-order chi connectivity index (χ1) is 17.4. The molecule has 4 aliphatic rings. The van der Waals surface area contributed by atoms with E-state index >= 15 is 0 Å². The molecule has 38 heavy (non-hydrogen) atoms. The number of aliphatic carboxylic acids is 2. The summed E-state index contributed by atoms with van der Waals surface area (Å²) in [4.78, 5) is 45.2. The van der Waals surface area contributed by atoms with Crippen molar-refractivity contribution in [3.63, 3.8) is 0 Å². The zero-order chi connectivity index (χ0) is 28.8. The lowest BCUT2D eigenvalue weighted by Gasteiger charge is -2.52. The lowest BCUT2D eigenvalue weighted by molar-refractivity contribution is -0.159. The molecule has 0 radical (unpaired) electrons. The van der Waals surface area contributed by atoms with E-state index in [1.54, 1.807) is 9.80 Å². The molecule has 2 spiro atoms. The van der Waals surface area contributed by atoms with Crippen LogP contribution in [0.4, 0.5) is 9.59 Å². The zero-order valence-corrected chi connectivity index (χ0v) is 23.3. The fraction of sp³-hybridized carbons (Fsp3) is 0.833. The van der Waals surface area contributed by atoms with Gasteiger partial charge in [0.15, 0.2) is 0 Å². The van der Waals surface area contributed by atoms with Gasteiger partial charge in [0.1, 0.15) is 11.2 Å². The highest BCUT2D eigenvalue weighted by atomic mass is 16.6. The molecule has 0 saturated carbocycles. The van der Waals surface area contributed by atoms with Crippen LogP contribution in [0.15, 0.2) is 0 Å². The number of nitrogens with zero attached hydrogens (tertiary/aromatic N) is 2. The van der Waals surface area contributed by atoms with Crippen molar-refractivity contribution in [3.05, 3.63) is 0 Å². The van der Waals surface area contributed by atoms with Crippen molar-refractivity contribution >= 4 is 24.1 Å². The van der Waals surface area contributed by atoms with Gasteiger partial charge in [-0.25, -0.2) is 19.2 Å². The van der Waals surface area contributed by atoms with Crippen LogP contribution < -0.4 is 21.3 Å². The maximum atomic E-state index is 11.7. The van der Waals surface area contributed by atoms with E-state index in [0.717, 1.165) is 65.4 Å². The Balaban J connectivity index is 0.000000221. The number of carbonyl (C=O) groups excluding carboxylic acids is 2. The van der Waals surface area contributed by atoms with Gasteiger partial charge in [-0.15, -0.1) is 0 Å². The molecule has 4 fully saturated rings. The van der Waals surface area contributed by atoms with Crippen molar-refractivity contribution < 1.29 is 38.9 Å². The molecule has 14 heteroatoms. The van der Waals surface area contributed by atoms with Gasteiger partial charge in [0.05, 0.1) is 11.1 Å². The van der Waals surface area contributed by atoms with E-state index in [1.807, 2.05) is 41.5 Å². The van der Waals surface area contributed by atoms with Gasteiger partial charge in [0, 0.05) is 65.4 Å². The molecule has 2 amide bonds. The second-order valence-electron chi connectivity index (χ2n) is 12.1. The predicted molar refractivity (Wildman–Crippen MR) is 138 cm³/mol. The molecule has 4 aliphatic heterocycles. The molecular weight excluding hydrogens is 500 g/mol. The third-order valence-corrected chi connectivity index (χ3v) is 5.99. The number of carboxylic acid groups (broad SMARTS) is 2. The minimum absolute atomic E-state index is 0.0924. The summed E-state index contributed by atoms with van der Waals surface area (Å²) in [7, 11) is 0. The van der Waals surface area contributed by atoms with Crippen molar-refractivity contribution in [1.82, 2.24) is 31.1 Å².